The Balaban J connectivity index is 2.02. The van der Waals surface area contributed by atoms with E-state index >= 15 is 0 Å². The number of amides is 1. The minimum absolute atomic E-state index is 0.257. The molecule has 0 aliphatic heterocycles. The van der Waals surface area contributed by atoms with Crippen molar-refractivity contribution < 1.29 is 14.3 Å². The molecule has 0 bridgehead atoms. The fourth-order valence-corrected chi connectivity index (χ4v) is 4.03. The van der Waals surface area contributed by atoms with Crippen LogP contribution in [0.2, 0.25) is 0 Å². The monoisotopic (exact) mass is 457 g/mol. The molecule has 2 heterocycles. The maximum Gasteiger partial charge on any atom is 0.258 e. The van der Waals surface area contributed by atoms with Gasteiger partial charge in [-0.1, -0.05) is 32.9 Å². The van der Waals surface area contributed by atoms with Gasteiger partial charge in [0.15, 0.2) is 5.88 Å². The van der Waals surface area contributed by atoms with E-state index in [4.69, 9.17) is 20.2 Å². The third kappa shape index (κ3) is 4.12. The number of H-pyrrole nitrogens is 1. The first-order valence-electron chi connectivity index (χ1n) is 10.8. The Morgan fingerprint density at radius 3 is 2.21 bits per heavy atom. The van der Waals surface area contributed by atoms with E-state index in [0.717, 1.165) is 22.1 Å². The van der Waals surface area contributed by atoms with Crippen LogP contribution in [0.3, 0.4) is 0 Å². The highest BCUT2D eigenvalue weighted by Gasteiger charge is 2.25. The number of benzene rings is 2. The Hall–Kier alpha value is -4.13. The van der Waals surface area contributed by atoms with Gasteiger partial charge in [0.2, 0.25) is 5.91 Å². The van der Waals surface area contributed by atoms with Crippen LogP contribution in [0, 0.1) is 0 Å². The molecule has 4 rings (SSSR count). The molecule has 34 heavy (non-hydrogen) atoms. The molecule has 0 aliphatic carbocycles. The van der Waals surface area contributed by atoms with E-state index in [0.29, 0.717) is 33.8 Å². The molecule has 0 atom stereocenters. The number of rotatable bonds is 5. The Morgan fingerprint density at radius 1 is 0.941 bits per heavy atom. The number of methoxy groups -OCH3 is 2. The fraction of sp³-hybridized carbons (Fsp3) is 0.222. The van der Waals surface area contributed by atoms with Gasteiger partial charge in [-0.05, 0) is 47.4 Å². The van der Waals surface area contributed by atoms with Crippen molar-refractivity contribution in [3.8, 4) is 33.9 Å². The molecule has 0 saturated heterocycles. The lowest BCUT2D eigenvalue weighted by Crippen LogP contribution is -2.15. The van der Waals surface area contributed by atoms with E-state index in [2.05, 4.69) is 25.8 Å². The highest BCUT2D eigenvalue weighted by molar-refractivity contribution is 6.00. The summed E-state index contributed by atoms with van der Waals surface area (Å²) < 4.78 is 11.0. The first-order valence-corrected chi connectivity index (χ1v) is 10.8. The lowest BCUT2D eigenvalue weighted by Gasteiger charge is -2.25. The van der Waals surface area contributed by atoms with E-state index in [1.807, 2.05) is 24.3 Å². The maximum atomic E-state index is 12.9. The van der Waals surface area contributed by atoms with Gasteiger partial charge in [-0.3, -0.25) is 19.6 Å². The van der Waals surface area contributed by atoms with Crippen LogP contribution < -0.4 is 20.8 Å². The summed E-state index contributed by atoms with van der Waals surface area (Å²) in [7, 11) is 3.14. The molecule has 7 nitrogen and oxygen atoms in total. The minimum atomic E-state index is -0.478. The summed E-state index contributed by atoms with van der Waals surface area (Å²) in [4.78, 5) is 31.8. The molecular formula is C27H27N3O4. The Kier molecular flexibility index (Phi) is 5.87. The molecule has 0 saturated carbocycles. The summed E-state index contributed by atoms with van der Waals surface area (Å²) in [5.41, 5.74) is 9.82. The Morgan fingerprint density at radius 2 is 1.65 bits per heavy atom. The number of carbonyl (C=O) groups is 1. The number of hydrogen-bond acceptors (Lipinski definition) is 5. The van der Waals surface area contributed by atoms with Crippen LogP contribution >= 0.6 is 0 Å². The SMILES string of the molecule is COc1ccc(-c2cc(C(C)(C)C)c(OC)c3cc(-c4ccc(C(N)=O)cc4)cnc23)c(=O)[nH]1. The van der Waals surface area contributed by atoms with Gasteiger partial charge in [0.25, 0.3) is 5.56 Å². The largest absolute Gasteiger partial charge is 0.496 e. The normalized spacial score (nSPS) is 11.4. The molecule has 0 unspecified atom stereocenters. The summed E-state index contributed by atoms with van der Waals surface area (Å²) >= 11 is 0. The summed E-state index contributed by atoms with van der Waals surface area (Å²) in [5, 5.41) is 0.789. The quantitative estimate of drug-likeness (QED) is 0.453. The molecule has 3 N–H and O–H groups in total. The molecule has 0 spiro atoms. The van der Waals surface area contributed by atoms with Gasteiger partial charge >= 0.3 is 0 Å². The maximum absolute atomic E-state index is 12.9. The highest BCUT2D eigenvalue weighted by Crippen LogP contribution is 2.42. The van der Waals surface area contributed by atoms with Crippen molar-refractivity contribution in [2.75, 3.05) is 14.2 Å². The number of ether oxygens (including phenoxy) is 2. The smallest absolute Gasteiger partial charge is 0.258 e. The van der Waals surface area contributed by atoms with Crippen LogP contribution in [0.15, 0.2) is 59.5 Å². The molecule has 0 fully saturated rings. The van der Waals surface area contributed by atoms with Gasteiger partial charge < -0.3 is 15.2 Å². The lowest BCUT2D eigenvalue weighted by atomic mass is 9.83. The molecule has 7 heteroatoms. The number of primary amides is 1. The van der Waals surface area contributed by atoms with Crippen LogP contribution in [-0.2, 0) is 5.41 Å². The number of nitrogens with one attached hydrogen (secondary N) is 1. The first kappa shape index (κ1) is 23.0. The molecule has 2 aromatic carbocycles. The Bertz CT molecular complexity index is 1450. The highest BCUT2D eigenvalue weighted by atomic mass is 16.5. The molecule has 4 aromatic rings. The van der Waals surface area contributed by atoms with Crippen LogP contribution in [0.25, 0.3) is 33.2 Å². The third-order valence-electron chi connectivity index (χ3n) is 5.83. The van der Waals surface area contributed by atoms with Crippen molar-refractivity contribution >= 4 is 16.8 Å². The third-order valence-corrected chi connectivity index (χ3v) is 5.83. The van der Waals surface area contributed by atoms with E-state index in [-0.39, 0.29) is 11.0 Å². The van der Waals surface area contributed by atoms with Crippen molar-refractivity contribution in [1.82, 2.24) is 9.97 Å². The van der Waals surface area contributed by atoms with Gasteiger partial charge in [0, 0.05) is 39.4 Å². The molecule has 2 aromatic heterocycles. The van der Waals surface area contributed by atoms with Gasteiger partial charge in [-0.2, -0.15) is 0 Å². The minimum Gasteiger partial charge on any atom is -0.496 e. The summed E-state index contributed by atoms with van der Waals surface area (Å²) in [6, 6.07) is 14.5. The van der Waals surface area contributed by atoms with Crippen molar-refractivity contribution in [2.45, 2.75) is 26.2 Å². The van der Waals surface area contributed by atoms with Crippen molar-refractivity contribution in [1.29, 1.82) is 0 Å². The zero-order valence-electron chi connectivity index (χ0n) is 19.9. The summed E-state index contributed by atoms with van der Waals surface area (Å²) in [6.45, 7) is 6.29. The molecule has 0 radical (unpaired) electrons. The van der Waals surface area contributed by atoms with Crippen molar-refractivity contribution in [3.63, 3.8) is 0 Å². The zero-order valence-corrected chi connectivity index (χ0v) is 19.9. The summed E-state index contributed by atoms with van der Waals surface area (Å²) in [6.07, 6.45) is 1.75. The molecule has 0 aliphatic rings. The second kappa shape index (κ2) is 8.67. The second-order valence-corrected chi connectivity index (χ2v) is 9.09. The lowest BCUT2D eigenvalue weighted by molar-refractivity contribution is 0.100. The number of aromatic amines is 1. The van der Waals surface area contributed by atoms with Gasteiger partial charge in [0.1, 0.15) is 5.75 Å². The van der Waals surface area contributed by atoms with Gasteiger partial charge in [0.05, 0.1) is 19.7 Å². The average Bonchev–Trinajstić information content (AvgIpc) is 2.82. The number of hydrogen-bond donors (Lipinski definition) is 2. The topological polar surface area (TPSA) is 107 Å². The van der Waals surface area contributed by atoms with E-state index in [1.54, 1.807) is 37.6 Å². The number of carbonyl (C=O) groups excluding carboxylic acids is 1. The number of nitrogens with two attached hydrogens (primary N) is 1. The van der Waals surface area contributed by atoms with Crippen LogP contribution in [-0.4, -0.2) is 30.1 Å². The Labute approximate surface area is 197 Å². The zero-order chi connectivity index (χ0) is 24.6. The van der Waals surface area contributed by atoms with Crippen LogP contribution in [0.1, 0.15) is 36.7 Å². The standard InChI is InChI=1S/C27H27N3O4/c1-27(2,3)21-13-19(18-10-11-22(33-4)30-26(18)32)23-20(24(21)34-5)12-17(14-29-23)15-6-8-16(9-7-15)25(28)31/h6-14H,1-5H3,(H2,28,31)(H,30,32). The predicted octanol–water partition coefficient (Wildman–Crippen LogP) is 4.67. The first-order chi connectivity index (χ1) is 16.1. The van der Waals surface area contributed by atoms with Crippen molar-refractivity contribution in [2.24, 2.45) is 5.73 Å². The predicted molar refractivity (Wildman–Crippen MR) is 134 cm³/mol. The van der Waals surface area contributed by atoms with E-state index in [9.17, 15) is 9.59 Å². The molecule has 1 amide bonds. The number of fused-ring (bicyclic) bond motifs is 1. The average molecular weight is 458 g/mol. The number of nitrogens with zero attached hydrogens (tertiary/aromatic N) is 1. The molecular weight excluding hydrogens is 430 g/mol. The number of aromatic nitrogens is 2. The van der Waals surface area contributed by atoms with Crippen molar-refractivity contribution in [3.05, 3.63) is 76.2 Å². The second-order valence-electron chi connectivity index (χ2n) is 9.09. The van der Waals surface area contributed by atoms with Crippen LogP contribution in [0.4, 0.5) is 0 Å². The fourth-order valence-electron chi connectivity index (χ4n) is 4.03. The van der Waals surface area contributed by atoms with Gasteiger partial charge in [-0.25, -0.2) is 0 Å². The summed E-state index contributed by atoms with van der Waals surface area (Å²) in [5.74, 6) is 0.616. The van der Waals surface area contributed by atoms with Gasteiger partial charge in [-0.15, -0.1) is 0 Å². The van der Waals surface area contributed by atoms with E-state index < -0.39 is 5.91 Å². The van der Waals surface area contributed by atoms with Crippen LogP contribution in [0.5, 0.6) is 11.6 Å². The van der Waals surface area contributed by atoms with E-state index in [1.165, 1.54) is 7.11 Å². The molecule has 174 valence electrons. The number of pyridine rings is 2.